The van der Waals surface area contributed by atoms with Gasteiger partial charge in [0.25, 0.3) is 0 Å². The molecular weight excluding hydrogens is 379 g/mol. The molecule has 0 aliphatic rings. The molecule has 0 bridgehead atoms. The van der Waals surface area contributed by atoms with Crippen molar-refractivity contribution in [2.24, 2.45) is 5.10 Å². The largest absolute Gasteiger partial charge is 0.493 e. The van der Waals surface area contributed by atoms with Crippen LogP contribution in [0.5, 0.6) is 11.5 Å². The molecule has 0 saturated carbocycles. The highest BCUT2D eigenvalue weighted by atomic mass is 35.5. The summed E-state index contributed by atoms with van der Waals surface area (Å²) in [6.45, 7) is 0.293. The minimum absolute atomic E-state index is 0.261. The molecule has 1 N–H and O–H groups in total. The second kappa shape index (κ2) is 9.89. The van der Waals surface area contributed by atoms with E-state index in [1.54, 1.807) is 18.3 Å². The quantitative estimate of drug-likeness (QED) is 0.418. The maximum atomic E-state index is 11.2. The lowest BCUT2D eigenvalue weighted by Gasteiger charge is -2.12. The highest BCUT2D eigenvalue weighted by Crippen LogP contribution is 2.36. The van der Waals surface area contributed by atoms with Gasteiger partial charge in [0, 0.05) is 5.02 Å². The van der Waals surface area contributed by atoms with Gasteiger partial charge < -0.3 is 19.6 Å². The molecule has 0 radical (unpaired) electrons. The van der Waals surface area contributed by atoms with Crippen LogP contribution in [0.4, 0.5) is 0 Å². The lowest BCUT2D eigenvalue weighted by Crippen LogP contribution is -2.13. The number of halogens is 2. The van der Waals surface area contributed by atoms with Gasteiger partial charge in [0.15, 0.2) is 18.1 Å². The van der Waals surface area contributed by atoms with Crippen LogP contribution >= 0.6 is 23.2 Å². The Labute approximate surface area is 161 Å². The summed E-state index contributed by atoms with van der Waals surface area (Å²) < 4.78 is 15.2. The van der Waals surface area contributed by atoms with Crippen LogP contribution in [0.15, 0.2) is 41.5 Å². The third-order valence-electron chi connectivity index (χ3n) is 3.32. The zero-order chi connectivity index (χ0) is 18.9. The lowest BCUT2D eigenvalue weighted by atomic mass is 10.2. The average Bonchev–Trinajstić information content (AvgIpc) is 2.65. The Morgan fingerprint density at radius 1 is 1.19 bits per heavy atom. The van der Waals surface area contributed by atoms with Crippen molar-refractivity contribution in [3.05, 3.63) is 57.6 Å². The molecule has 8 heteroatoms. The van der Waals surface area contributed by atoms with Crippen LogP contribution in [0.3, 0.4) is 0 Å². The van der Waals surface area contributed by atoms with Gasteiger partial charge in [-0.05, 0) is 35.4 Å². The third kappa shape index (κ3) is 5.82. The Balaban J connectivity index is 2.01. The number of nitrogens with zero attached hydrogens (tertiary/aromatic N) is 1. The van der Waals surface area contributed by atoms with Gasteiger partial charge in [0.05, 0.1) is 32.0 Å². The number of carbonyl (C=O) groups excluding carboxylic acids is 1. The summed E-state index contributed by atoms with van der Waals surface area (Å²) in [4.78, 5) is 11.2. The molecule has 6 nitrogen and oxygen atoms in total. The van der Waals surface area contributed by atoms with Gasteiger partial charge in [-0.3, -0.25) is 0 Å². The topological polar surface area (TPSA) is 69.2 Å². The normalized spacial score (nSPS) is 10.6. The van der Waals surface area contributed by atoms with E-state index in [-0.39, 0.29) is 12.4 Å². The van der Waals surface area contributed by atoms with Crippen molar-refractivity contribution < 1.29 is 19.0 Å². The number of methoxy groups -OCH3 is 2. The van der Waals surface area contributed by atoms with Gasteiger partial charge in [0.1, 0.15) is 0 Å². The van der Waals surface area contributed by atoms with Crippen molar-refractivity contribution in [3.8, 4) is 11.5 Å². The van der Waals surface area contributed by atoms with E-state index in [0.717, 1.165) is 5.56 Å². The fraction of sp³-hybridized carbons (Fsp3) is 0.222. The minimum Gasteiger partial charge on any atom is -0.493 e. The van der Waals surface area contributed by atoms with E-state index < -0.39 is 5.97 Å². The van der Waals surface area contributed by atoms with E-state index in [2.05, 4.69) is 15.3 Å². The Morgan fingerprint density at radius 3 is 2.58 bits per heavy atom. The van der Waals surface area contributed by atoms with Crippen molar-refractivity contribution >= 4 is 35.4 Å². The number of hydrogen-bond donors (Lipinski definition) is 1. The molecule has 0 spiro atoms. The molecular formula is C18H18Cl2N2O4. The summed E-state index contributed by atoms with van der Waals surface area (Å²) in [5, 5.41) is 5.14. The van der Waals surface area contributed by atoms with E-state index in [0.29, 0.717) is 27.9 Å². The molecule has 0 atom stereocenters. The van der Waals surface area contributed by atoms with Crippen molar-refractivity contribution in [1.29, 1.82) is 0 Å². The van der Waals surface area contributed by atoms with E-state index >= 15 is 0 Å². The molecule has 0 amide bonds. The fourth-order valence-corrected chi connectivity index (χ4v) is 2.40. The predicted octanol–water partition coefficient (Wildman–Crippen LogP) is 3.68. The van der Waals surface area contributed by atoms with E-state index in [1.165, 1.54) is 14.2 Å². The number of carbonyl (C=O) groups is 1. The Hall–Kier alpha value is -2.44. The first-order valence-electron chi connectivity index (χ1n) is 7.61. The average molecular weight is 397 g/mol. The summed E-state index contributed by atoms with van der Waals surface area (Å²) in [5.74, 6) is 0.145. The SMILES string of the molecule is COC(=O)COc1c(Cl)cc(/C=N\NCc2ccc(Cl)cc2)cc1OC. The first-order chi connectivity index (χ1) is 12.5. The van der Waals surface area contributed by atoms with Crippen LogP contribution in [-0.2, 0) is 16.1 Å². The summed E-state index contributed by atoms with van der Waals surface area (Å²) in [7, 11) is 2.76. The number of nitrogens with one attached hydrogen (secondary N) is 1. The number of benzene rings is 2. The maximum Gasteiger partial charge on any atom is 0.343 e. The van der Waals surface area contributed by atoms with Crippen molar-refractivity contribution in [3.63, 3.8) is 0 Å². The molecule has 26 heavy (non-hydrogen) atoms. The van der Waals surface area contributed by atoms with Crippen LogP contribution in [0.25, 0.3) is 0 Å². The van der Waals surface area contributed by atoms with Gasteiger partial charge >= 0.3 is 5.97 Å². The molecule has 0 fully saturated rings. The smallest absolute Gasteiger partial charge is 0.343 e. The van der Waals surface area contributed by atoms with Crippen molar-refractivity contribution in [2.45, 2.75) is 6.54 Å². The molecule has 0 aromatic heterocycles. The molecule has 2 aromatic carbocycles. The van der Waals surface area contributed by atoms with Gasteiger partial charge in [-0.1, -0.05) is 35.3 Å². The Kier molecular flexibility index (Phi) is 7.56. The van der Waals surface area contributed by atoms with E-state index in [4.69, 9.17) is 32.7 Å². The third-order valence-corrected chi connectivity index (χ3v) is 3.85. The van der Waals surface area contributed by atoms with Crippen LogP contribution < -0.4 is 14.9 Å². The molecule has 2 aromatic rings. The van der Waals surface area contributed by atoms with Crippen LogP contribution in [0.1, 0.15) is 11.1 Å². The fourth-order valence-electron chi connectivity index (χ4n) is 2.00. The van der Waals surface area contributed by atoms with Gasteiger partial charge in [0.2, 0.25) is 0 Å². The molecule has 2 rings (SSSR count). The highest BCUT2D eigenvalue weighted by Gasteiger charge is 2.13. The monoisotopic (exact) mass is 396 g/mol. The van der Waals surface area contributed by atoms with Gasteiger partial charge in [-0.15, -0.1) is 0 Å². The van der Waals surface area contributed by atoms with Gasteiger partial charge in [-0.25, -0.2) is 4.79 Å². The summed E-state index contributed by atoms with van der Waals surface area (Å²) in [6.07, 6.45) is 1.61. The highest BCUT2D eigenvalue weighted by molar-refractivity contribution is 6.32. The van der Waals surface area contributed by atoms with E-state index in [9.17, 15) is 4.79 Å². The molecule has 0 aliphatic carbocycles. The predicted molar refractivity (Wildman–Crippen MR) is 101 cm³/mol. The molecule has 0 unspecified atom stereocenters. The number of rotatable bonds is 8. The van der Waals surface area contributed by atoms with Gasteiger partial charge in [-0.2, -0.15) is 5.10 Å². The second-order valence-electron chi connectivity index (χ2n) is 5.12. The first kappa shape index (κ1) is 19.9. The van der Waals surface area contributed by atoms with E-state index in [1.807, 2.05) is 24.3 Å². The minimum atomic E-state index is -0.514. The molecule has 138 valence electrons. The Bertz CT molecular complexity index is 780. The summed E-state index contributed by atoms with van der Waals surface area (Å²) in [6, 6.07) is 10.8. The summed E-state index contributed by atoms with van der Waals surface area (Å²) in [5.41, 5.74) is 4.70. The molecule has 0 saturated heterocycles. The zero-order valence-electron chi connectivity index (χ0n) is 14.3. The zero-order valence-corrected chi connectivity index (χ0v) is 15.8. The lowest BCUT2D eigenvalue weighted by molar-refractivity contribution is -0.142. The standard InChI is InChI=1S/C18H18Cl2N2O4/c1-24-16-8-13(7-15(20)18(16)26-11-17(23)25-2)10-22-21-9-12-3-5-14(19)6-4-12/h3-8,10,21H,9,11H2,1-2H3/b22-10-. The number of ether oxygens (including phenoxy) is 3. The van der Waals surface area contributed by atoms with Crippen LogP contribution in [0.2, 0.25) is 10.0 Å². The summed E-state index contributed by atoms with van der Waals surface area (Å²) >= 11 is 12.1. The first-order valence-corrected chi connectivity index (χ1v) is 8.36. The molecule has 0 heterocycles. The van der Waals surface area contributed by atoms with Crippen molar-refractivity contribution in [2.75, 3.05) is 20.8 Å². The van der Waals surface area contributed by atoms with Crippen molar-refractivity contribution in [1.82, 2.24) is 5.43 Å². The number of hydrogen-bond acceptors (Lipinski definition) is 6. The van der Waals surface area contributed by atoms with Crippen LogP contribution in [0, 0.1) is 0 Å². The number of esters is 1. The second-order valence-corrected chi connectivity index (χ2v) is 5.96. The number of hydrazone groups is 1. The van der Waals surface area contributed by atoms with Crippen LogP contribution in [-0.4, -0.2) is 33.0 Å². The maximum absolute atomic E-state index is 11.2. The Morgan fingerprint density at radius 2 is 1.92 bits per heavy atom. The molecule has 0 aliphatic heterocycles.